The Morgan fingerprint density at radius 2 is 1.20 bits per heavy atom. The van der Waals surface area contributed by atoms with Gasteiger partial charge in [0.25, 0.3) is 10.1 Å². The van der Waals surface area contributed by atoms with Gasteiger partial charge in [-0.25, -0.2) is 14.8 Å². The van der Waals surface area contributed by atoms with E-state index in [9.17, 15) is 42.7 Å². The fraction of sp³-hybridized carbons (Fsp3) is 0.250. The molecule has 1 heterocycles. The van der Waals surface area contributed by atoms with E-state index in [0.29, 0.717) is 46.1 Å². The zero-order chi connectivity index (χ0) is 47.6. The van der Waals surface area contributed by atoms with Crippen LogP contribution < -0.4 is 25.4 Å². The molecule has 0 saturated heterocycles. The van der Waals surface area contributed by atoms with Crippen molar-refractivity contribution < 1.29 is 66.8 Å². The van der Waals surface area contributed by atoms with Gasteiger partial charge in [-0.15, -0.1) is 4.33 Å². The molecule has 26 heteroatoms. The van der Waals surface area contributed by atoms with Crippen molar-refractivity contribution in [2.45, 2.75) is 33.1 Å². The summed E-state index contributed by atoms with van der Waals surface area (Å²) >= 11 is 0.841. The van der Waals surface area contributed by atoms with Crippen LogP contribution in [0.25, 0.3) is 0 Å². The first-order valence-corrected chi connectivity index (χ1v) is 21.9. The Balaban J connectivity index is 1.51. The molecule has 24 nitrogen and oxygen atoms in total. The molecule has 8 N–H and O–H groups in total. The molecule has 0 aliphatic carbocycles. The lowest BCUT2D eigenvalue weighted by Gasteiger charge is -2.17. The van der Waals surface area contributed by atoms with Crippen molar-refractivity contribution in [2.24, 2.45) is 20.5 Å². The number of aromatic nitrogens is 3. The number of anilines is 5. The van der Waals surface area contributed by atoms with Gasteiger partial charge >= 0.3 is 17.9 Å². The van der Waals surface area contributed by atoms with Crippen molar-refractivity contribution in [3.05, 3.63) is 95.1 Å². The Kier molecular flexibility index (Phi) is 18.1. The van der Waals surface area contributed by atoms with E-state index in [2.05, 4.69) is 60.7 Å². The molecule has 66 heavy (non-hydrogen) atoms. The Hall–Kier alpha value is -7.36. The summed E-state index contributed by atoms with van der Waals surface area (Å²) in [5.41, 5.74) is 3.00. The minimum absolute atomic E-state index is 0.00437. The number of carboxylic acids is 3. The van der Waals surface area contributed by atoms with E-state index in [0.717, 1.165) is 12.0 Å². The molecule has 0 amide bonds. The zero-order valence-electron chi connectivity index (χ0n) is 34.9. The summed E-state index contributed by atoms with van der Waals surface area (Å²) in [6.45, 7) is 3.35. The second kappa shape index (κ2) is 24.1. The van der Waals surface area contributed by atoms with Gasteiger partial charge in [-0.05, 0) is 86.3 Å². The summed E-state index contributed by atoms with van der Waals surface area (Å²) in [6.07, 6.45) is 0.0551. The number of nitrogens with one attached hydrogen (secondary N) is 3. The van der Waals surface area contributed by atoms with Gasteiger partial charge in [-0.1, -0.05) is 17.2 Å². The topological polar surface area (TPSA) is 348 Å². The lowest BCUT2D eigenvalue weighted by Crippen LogP contribution is -2.13. The predicted molar refractivity (Wildman–Crippen MR) is 239 cm³/mol. The van der Waals surface area contributed by atoms with Crippen molar-refractivity contribution in [3.8, 4) is 11.5 Å². The molecule has 0 fully saturated rings. The maximum absolute atomic E-state index is 11.5. The fourth-order valence-corrected chi connectivity index (χ4v) is 6.33. The molecule has 348 valence electrons. The second-order valence-electron chi connectivity index (χ2n) is 13.7. The Labute approximate surface area is 380 Å². The molecule has 0 atom stereocenters. The number of hydrogen-bond donors (Lipinski definition) is 8. The highest BCUT2D eigenvalue weighted by Crippen LogP contribution is 2.38. The molecule has 4 aromatic carbocycles. The fourth-order valence-electron chi connectivity index (χ4n) is 5.50. The first-order chi connectivity index (χ1) is 31.6. The molecule has 0 aliphatic rings. The van der Waals surface area contributed by atoms with Crippen LogP contribution in [0.4, 0.5) is 52.0 Å². The van der Waals surface area contributed by atoms with Crippen LogP contribution in [0, 0.1) is 13.8 Å². The van der Waals surface area contributed by atoms with Gasteiger partial charge in [0, 0.05) is 36.5 Å². The number of ether oxygens (including phenoxy) is 2. The van der Waals surface area contributed by atoms with Crippen molar-refractivity contribution >= 4 is 92.0 Å². The number of aromatic carboxylic acids is 2. The molecule has 5 rings (SSSR count). The van der Waals surface area contributed by atoms with Crippen molar-refractivity contribution in [1.29, 1.82) is 0 Å². The Morgan fingerprint density at radius 1 is 0.697 bits per heavy atom. The van der Waals surface area contributed by atoms with Gasteiger partial charge in [0.1, 0.15) is 11.5 Å². The number of hydrogen-bond acceptors (Lipinski definition) is 21. The summed E-state index contributed by atoms with van der Waals surface area (Å²) < 4.78 is 48.6. The van der Waals surface area contributed by atoms with Crippen molar-refractivity contribution in [1.82, 2.24) is 15.0 Å². The molecule has 1 aromatic heterocycles. The standard InChI is InChI=1S/C40H42N10O14S2/c1-23-17-31(33(61-13-5-15-65-64-63-57)21-29(23)49-47-27-9-3-7-25(19-27)36(53)54)42-39-44-38(41-12-11-35(51)52)45-40(46-39)43-32-18-24(2)30(22-34(32)62-14-6-16-66(58,59)60)50-48-28-10-4-8-26(20-28)37(55)56/h3-4,7-10,17-22,57H,5-6,11-16H2,1-2H3,(H,51,52)(H,53,54)(H,55,56)(H,58,59,60)(H3,41,42,43,44,45,46). The van der Waals surface area contributed by atoms with Gasteiger partial charge in [0.15, 0.2) is 0 Å². The number of aryl methyl sites for hydroxylation is 2. The summed E-state index contributed by atoms with van der Waals surface area (Å²) in [7, 11) is -4.29. The quantitative estimate of drug-likeness (QED) is 0.00642. The Bertz CT molecular complexity index is 2710. The molecular formula is C40H42N10O14S2. The summed E-state index contributed by atoms with van der Waals surface area (Å²) in [5, 5.41) is 66.2. The average Bonchev–Trinajstić information content (AvgIpc) is 3.26. The minimum Gasteiger partial charge on any atom is -0.491 e. The average molecular weight is 951 g/mol. The number of rotatable bonds is 26. The number of nitrogens with zero attached hydrogens (tertiary/aromatic N) is 7. The molecule has 0 unspecified atom stereocenters. The first kappa shape index (κ1) is 49.7. The van der Waals surface area contributed by atoms with Gasteiger partial charge in [-0.3, -0.25) is 9.35 Å². The summed E-state index contributed by atoms with van der Waals surface area (Å²) in [5.74, 6) is -3.37. The molecule has 0 aliphatic heterocycles. The summed E-state index contributed by atoms with van der Waals surface area (Å²) in [4.78, 5) is 47.8. The highest BCUT2D eigenvalue weighted by Gasteiger charge is 2.17. The second-order valence-corrected chi connectivity index (χ2v) is 16.0. The van der Waals surface area contributed by atoms with E-state index in [1.54, 1.807) is 44.2 Å². The maximum atomic E-state index is 11.5. The van der Waals surface area contributed by atoms with E-state index in [1.807, 2.05) is 0 Å². The molecular weight excluding hydrogens is 909 g/mol. The van der Waals surface area contributed by atoms with Gasteiger partial charge < -0.3 is 40.7 Å². The first-order valence-electron chi connectivity index (χ1n) is 19.4. The van der Waals surface area contributed by atoms with E-state index in [-0.39, 0.29) is 84.4 Å². The highest BCUT2D eigenvalue weighted by atomic mass is 32.2. The number of carbonyl (C=O) groups is 3. The third-order valence-corrected chi connectivity index (χ3v) is 10.0. The lowest BCUT2D eigenvalue weighted by atomic mass is 10.1. The monoisotopic (exact) mass is 950 g/mol. The van der Waals surface area contributed by atoms with Crippen LogP contribution in [0.2, 0.25) is 0 Å². The van der Waals surface area contributed by atoms with Crippen LogP contribution in [0.15, 0.2) is 93.3 Å². The van der Waals surface area contributed by atoms with Crippen LogP contribution in [-0.4, -0.2) is 97.7 Å². The molecule has 0 radical (unpaired) electrons. The third kappa shape index (κ3) is 16.0. The van der Waals surface area contributed by atoms with Crippen LogP contribution in [0.1, 0.15) is 51.1 Å². The van der Waals surface area contributed by atoms with Crippen LogP contribution in [0.3, 0.4) is 0 Å². The van der Waals surface area contributed by atoms with Crippen molar-refractivity contribution in [2.75, 3.05) is 47.2 Å². The largest absolute Gasteiger partial charge is 0.491 e. The lowest BCUT2D eigenvalue weighted by molar-refractivity contribution is -0.432. The van der Waals surface area contributed by atoms with Crippen LogP contribution >= 0.6 is 12.0 Å². The molecule has 5 aromatic rings. The maximum Gasteiger partial charge on any atom is 0.335 e. The summed E-state index contributed by atoms with van der Waals surface area (Å²) in [6, 6.07) is 18.1. The third-order valence-electron chi connectivity index (χ3n) is 8.59. The number of benzene rings is 4. The van der Waals surface area contributed by atoms with Gasteiger partial charge in [0.05, 0.1) is 70.6 Å². The van der Waals surface area contributed by atoms with E-state index < -0.39 is 33.8 Å². The predicted octanol–water partition coefficient (Wildman–Crippen LogP) is 8.58. The smallest absolute Gasteiger partial charge is 0.335 e. The number of azo groups is 2. The minimum atomic E-state index is -4.29. The van der Waals surface area contributed by atoms with Crippen LogP contribution in [0.5, 0.6) is 11.5 Å². The van der Waals surface area contributed by atoms with Gasteiger partial charge in [0.2, 0.25) is 17.8 Å². The van der Waals surface area contributed by atoms with Crippen molar-refractivity contribution in [3.63, 3.8) is 0 Å². The highest BCUT2D eigenvalue weighted by molar-refractivity contribution is 7.94. The SMILES string of the molecule is Cc1cc(Nc2nc(NCCC(=O)O)nc(Nc3cc(C)c(N=Nc4cccc(C(=O)O)c4)cc3OCCCS(=O)(=O)O)n2)c(OCCCSOOO)cc1N=Nc1cccc(C(=O)O)c1. The molecule has 0 spiro atoms. The molecule has 0 bridgehead atoms. The van der Waals surface area contributed by atoms with E-state index >= 15 is 0 Å². The van der Waals surface area contributed by atoms with E-state index in [1.165, 1.54) is 42.5 Å². The zero-order valence-corrected chi connectivity index (χ0v) is 36.6. The Morgan fingerprint density at radius 3 is 1.67 bits per heavy atom. The normalized spacial score (nSPS) is 11.5. The van der Waals surface area contributed by atoms with Gasteiger partial charge in [-0.2, -0.15) is 43.8 Å². The van der Waals surface area contributed by atoms with Crippen LogP contribution in [-0.2, 0) is 24.3 Å². The number of carboxylic acid groups (broad SMARTS) is 3. The van der Waals surface area contributed by atoms with E-state index in [4.69, 9.17) is 14.7 Å². The number of aliphatic carboxylic acids is 1. The molecule has 0 saturated carbocycles.